The van der Waals surface area contributed by atoms with Crippen LogP contribution in [-0.2, 0) is 21.3 Å². The summed E-state index contributed by atoms with van der Waals surface area (Å²) in [5.41, 5.74) is 4.33. The van der Waals surface area contributed by atoms with Gasteiger partial charge in [-0.1, -0.05) is 52.3 Å². The second-order valence-electron chi connectivity index (χ2n) is 11.1. The number of hydrogen-bond acceptors (Lipinski definition) is 6. The molecule has 1 saturated carbocycles. The zero-order valence-corrected chi connectivity index (χ0v) is 19.8. The molecule has 0 aromatic heterocycles. The minimum absolute atomic E-state index is 0.0782. The molecule has 1 aliphatic heterocycles. The Hall–Kier alpha value is -1.02. The van der Waals surface area contributed by atoms with Crippen molar-refractivity contribution in [3.8, 4) is 0 Å². The molecular weight excluding hydrogens is 408 g/mol. The maximum atomic E-state index is 10.4. The molecule has 1 saturated heterocycles. The summed E-state index contributed by atoms with van der Waals surface area (Å²) in [6, 6.07) is 7.03. The number of benzene rings is 1. The summed E-state index contributed by atoms with van der Waals surface area (Å²) in [7, 11) is 0. The second-order valence-corrected chi connectivity index (χ2v) is 11.1. The highest BCUT2D eigenvalue weighted by Crippen LogP contribution is 2.57. The molecule has 6 heteroatoms. The van der Waals surface area contributed by atoms with Crippen molar-refractivity contribution in [3.63, 3.8) is 0 Å². The van der Waals surface area contributed by atoms with Crippen LogP contribution in [0.4, 0.5) is 0 Å². The third-order valence-corrected chi connectivity index (χ3v) is 8.59. The summed E-state index contributed by atoms with van der Waals surface area (Å²) in [6.45, 7) is 9.10. The van der Waals surface area contributed by atoms with E-state index >= 15 is 0 Å². The topological polar surface area (TPSA) is 99.4 Å². The van der Waals surface area contributed by atoms with Crippen LogP contribution in [0.5, 0.6) is 0 Å². The second kappa shape index (κ2) is 8.97. The number of ether oxygens (including phenoxy) is 2. The van der Waals surface area contributed by atoms with Crippen molar-refractivity contribution >= 4 is 0 Å². The predicted octanol–water partition coefficient (Wildman–Crippen LogP) is 2.64. The van der Waals surface area contributed by atoms with E-state index < -0.39 is 37.3 Å². The van der Waals surface area contributed by atoms with Crippen LogP contribution in [0.2, 0.25) is 0 Å². The Morgan fingerprint density at radius 1 is 1.09 bits per heavy atom. The zero-order chi connectivity index (χ0) is 23.3. The highest BCUT2D eigenvalue weighted by Gasteiger charge is 2.53. The van der Waals surface area contributed by atoms with Gasteiger partial charge < -0.3 is 29.9 Å². The molecule has 2 aliphatic carbocycles. The molecule has 1 aromatic rings. The molecule has 1 heterocycles. The van der Waals surface area contributed by atoms with E-state index in [0.717, 1.165) is 32.1 Å². The quantitative estimate of drug-likeness (QED) is 0.553. The van der Waals surface area contributed by atoms with Gasteiger partial charge in [0.25, 0.3) is 0 Å². The standard InChI is InChI=1S/C26H40O6/c1-15(2)16-6-8-18-17(12-16)7-9-20-25(3,10-5-11-26(18,20)4)14-31-24-23(30)22(29)21(28)19(13-27)32-24/h6,8,12,15,19-24,27-30H,5,7,9-11,13-14H2,1-4H3/t19-,20?,21-,22+,23-,24-,25?,26?/m1/s1. The van der Waals surface area contributed by atoms with E-state index in [1.807, 2.05) is 0 Å². The molecule has 180 valence electrons. The molecular formula is C26H40O6. The van der Waals surface area contributed by atoms with Gasteiger partial charge in [0.15, 0.2) is 6.29 Å². The van der Waals surface area contributed by atoms with Crippen LogP contribution in [0.15, 0.2) is 18.2 Å². The van der Waals surface area contributed by atoms with Crippen molar-refractivity contribution in [2.24, 2.45) is 11.3 Å². The van der Waals surface area contributed by atoms with Gasteiger partial charge in [-0.15, -0.1) is 0 Å². The minimum Gasteiger partial charge on any atom is -0.394 e. The van der Waals surface area contributed by atoms with Gasteiger partial charge in [0.05, 0.1) is 13.2 Å². The Kier molecular flexibility index (Phi) is 6.76. The molecule has 8 atom stereocenters. The summed E-state index contributed by atoms with van der Waals surface area (Å²) in [5.74, 6) is 0.959. The molecule has 1 aromatic carbocycles. The van der Waals surface area contributed by atoms with Crippen LogP contribution in [-0.4, -0.2) is 64.3 Å². The van der Waals surface area contributed by atoms with Gasteiger partial charge in [0, 0.05) is 0 Å². The van der Waals surface area contributed by atoms with Gasteiger partial charge in [-0.25, -0.2) is 0 Å². The first-order chi connectivity index (χ1) is 15.1. The van der Waals surface area contributed by atoms with E-state index in [1.165, 1.54) is 16.7 Å². The van der Waals surface area contributed by atoms with Gasteiger partial charge in [0.1, 0.15) is 24.4 Å². The van der Waals surface area contributed by atoms with Crippen molar-refractivity contribution in [2.45, 2.75) is 102 Å². The largest absolute Gasteiger partial charge is 0.394 e. The molecule has 0 spiro atoms. The van der Waals surface area contributed by atoms with Crippen molar-refractivity contribution < 1.29 is 29.9 Å². The Morgan fingerprint density at radius 3 is 2.53 bits per heavy atom. The van der Waals surface area contributed by atoms with Crippen LogP contribution in [0.25, 0.3) is 0 Å². The maximum absolute atomic E-state index is 10.4. The number of aliphatic hydroxyl groups excluding tert-OH is 4. The summed E-state index contributed by atoms with van der Waals surface area (Å²) in [5, 5.41) is 40.0. The van der Waals surface area contributed by atoms with Gasteiger partial charge >= 0.3 is 0 Å². The van der Waals surface area contributed by atoms with E-state index in [2.05, 4.69) is 45.9 Å². The van der Waals surface area contributed by atoms with Crippen LogP contribution in [0.3, 0.4) is 0 Å². The SMILES string of the molecule is CC(C)c1ccc2c(c1)CCC1C(C)(CO[C@@H]3O[C@H](CO)[C@@H](O)[C@H](O)[C@H]3O)CCCC21C. The normalized spacial score (nSPS) is 41.9. The molecule has 4 rings (SSSR count). The average Bonchev–Trinajstić information content (AvgIpc) is 2.76. The molecule has 6 nitrogen and oxygen atoms in total. The monoisotopic (exact) mass is 448 g/mol. The summed E-state index contributed by atoms with van der Waals surface area (Å²) in [4.78, 5) is 0. The molecule has 0 amide bonds. The summed E-state index contributed by atoms with van der Waals surface area (Å²) < 4.78 is 11.7. The lowest BCUT2D eigenvalue weighted by Crippen LogP contribution is -2.60. The third kappa shape index (κ3) is 4.04. The number of fused-ring (bicyclic) bond motifs is 3. The van der Waals surface area contributed by atoms with E-state index in [1.54, 1.807) is 0 Å². The lowest BCUT2D eigenvalue weighted by molar-refractivity contribution is -0.308. The summed E-state index contributed by atoms with van der Waals surface area (Å²) >= 11 is 0. The lowest BCUT2D eigenvalue weighted by atomic mass is 9.50. The van der Waals surface area contributed by atoms with Crippen LogP contribution < -0.4 is 0 Å². The number of aliphatic hydroxyl groups is 4. The fourth-order valence-electron chi connectivity index (χ4n) is 6.65. The van der Waals surface area contributed by atoms with Crippen LogP contribution in [0.1, 0.15) is 76.0 Å². The first-order valence-electron chi connectivity index (χ1n) is 12.2. The van der Waals surface area contributed by atoms with E-state index in [4.69, 9.17) is 9.47 Å². The van der Waals surface area contributed by atoms with Crippen molar-refractivity contribution in [1.29, 1.82) is 0 Å². The molecule has 32 heavy (non-hydrogen) atoms. The molecule has 2 fully saturated rings. The van der Waals surface area contributed by atoms with E-state index in [0.29, 0.717) is 18.4 Å². The van der Waals surface area contributed by atoms with Crippen molar-refractivity contribution in [2.75, 3.05) is 13.2 Å². The highest BCUT2D eigenvalue weighted by atomic mass is 16.7. The smallest absolute Gasteiger partial charge is 0.186 e. The zero-order valence-electron chi connectivity index (χ0n) is 19.8. The van der Waals surface area contributed by atoms with E-state index in [-0.39, 0.29) is 10.8 Å². The Labute approximate surface area is 191 Å². The maximum Gasteiger partial charge on any atom is 0.186 e. The minimum atomic E-state index is -1.41. The van der Waals surface area contributed by atoms with Gasteiger partial charge in [-0.3, -0.25) is 0 Å². The fraction of sp³-hybridized carbons (Fsp3) is 0.769. The van der Waals surface area contributed by atoms with Gasteiger partial charge in [-0.2, -0.15) is 0 Å². The first-order valence-corrected chi connectivity index (χ1v) is 12.2. The Balaban J connectivity index is 1.53. The lowest BCUT2D eigenvalue weighted by Gasteiger charge is -2.56. The fourth-order valence-corrected chi connectivity index (χ4v) is 6.65. The Bertz CT molecular complexity index is 810. The van der Waals surface area contributed by atoms with Gasteiger partial charge in [0.2, 0.25) is 0 Å². The number of aryl methyl sites for hydroxylation is 1. The molecule has 0 radical (unpaired) electrons. The van der Waals surface area contributed by atoms with Crippen molar-refractivity contribution in [1.82, 2.24) is 0 Å². The Morgan fingerprint density at radius 2 is 1.84 bits per heavy atom. The van der Waals surface area contributed by atoms with Crippen LogP contribution in [0, 0.1) is 11.3 Å². The number of hydrogen-bond donors (Lipinski definition) is 4. The molecule has 4 N–H and O–H groups in total. The first kappa shape index (κ1) is 24.1. The van der Waals surface area contributed by atoms with Crippen LogP contribution >= 0.6 is 0 Å². The average molecular weight is 449 g/mol. The molecule has 3 unspecified atom stereocenters. The third-order valence-electron chi connectivity index (χ3n) is 8.59. The number of rotatable bonds is 5. The van der Waals surface area contributed by atoms with Crippen molar-refractivity contribution in [3.05, 3.63) is 34.9 Å². The molecule has 3 aliphatic rings. The summed E-state index contributed by atoms with van der Waals surface area (Å²) in [6.07, 6.45) is -0.697. The van der Waals surface area contributed by atoms with Gasteiger partial charge in [-0.05, 0) is 65.0 Å². The molecule has 0 bridgehead atoms. The highest BCUT2D eigenvalue weighted by molar-refractivity contribution is 5.42. The predicted molar refractivity (Wildman–Crippen MR) is 121 cm³/mol. The van der Waals surface area contributed by atoms with E-state index in [9.17, 15) is 20.4 Å².